The Balaban J connectivity index is 1.36. The van der Waals surface area contributed by atoms with Crippen LogP contribution in [0.4, 0.5) is 23.2 Å². The highest BCUT2D eigenvalue weighted by atomic mass is 32.2. The number of hydrazone groups is 1. The van der Waals surface area contributed by atoms with E-state index in [0.29, 0.717) is 11.3 Å². The third-order valence-corrected chi connectivity index (χ3v) is 6.73. The highest BCUT2D eigenvalue weighted by Crippen LogP contribution is 2.27. The third-order valence-electron chi connectivity index (χ3n) is 5.87. The highest BCUT2D eigenvalue weighted by molar-refractivity contribution is 8.14. The number of aliphatic imine (C=N–C) groups is 2. The maximum Gasteiger partial charge on any atom is 0.573 e. The number of alkyl halides is 3. The van der Waals surface area contributed by atoms with E-state index < -0.39 is 30.4 Å². The normalized spacial score (nSPS) is 16.0. The number of ether oxygens (including phenoxy) is 2. The van der Waals surface area contributed by atoms with Gasteiger partial charge in [-0.1, -0.05) is 42.1 Å². The molecule has 2 atom stereocenters. The number of halogens is 4. The number of rotatable bonds is 10. The molecule has 1 heterocycles. The molecule has 4 rings (SSSR count). The second-order valence-electron chi connectivity index (χ2n) is 8.93. The van der Waals surface area contributed by atoms with Crippen LogP contribution in [0.2, 0.25) is 0 Å². The molecule has 2 unspecified atom stereocenters. The van der Waals surface area contributed by atoms with Crippen molar-refractivity contribution >= 4 is 41.1 Å². The zero-order valence-corrected chi connectivity index (χ0v) is 23.6. The van der Waals surface area contributed by atoms with E-state index in [4.69, 9.17) is 9.84 Å². The third kappa shape index (κ3) is 9.18. The van der Waals surface area contributed by atoms with Gasteiger partial charge in [0.1, 0.15) is 18.3 Å². The Morgan fingerprint density at radius 1 is 1.19 bits per heavy atom. The van der Waals surface area contributed by atoms with Crippen molar-refractivity contribution in [1.29, 1.82) is 0 Å². The Labute approximate surface area is 248 Å². The molecule has 1 aliphatic rings. The molecule has 0 aliphatic carbocycles. The van der Waals surface area contributed by atoms with Crippen molar-refractivity contribution < 1.29 is 36.9 Å². The SMILES string of the molecule is COc1ccc(C(C)N=C(N/N=C/c2ccc(C3N=CN(c4ccc(OC(F)(F)F)cc4)N3)cc2)SCC(=O)O)cc1F. The molecule has 43 heavy (non-hydrogen) atoms. The van der Waals surface area contributed by atoms with E-state index in [1.165, 1.54) is 56.1 Å². The van der Waals surface area contributed by atoms with Gasteiger partial charge in [-0.2, -0.15) is 10.5 Å². The molecule has 0 aromatic heterocycles. The number of benzene rings is 3. The molecule has 1 aliphatic heterocycles. The minimum atomic E-state index is -4.76. The van der Waals surface area contributed by atoms with Gasteiger partial charge in [0.2, 0.25) is 0 Å². The lowest BCUT2D eigenvalue weighted by atomic mass is 10.1. The number of nitrogens with zero attached hydrogens (tertiary/aromatic N) is 4. The van der Waals surface area contributed by atoms with Gasteiger partial charge in [-0.15, -0.1) is 13.2 Å². The van der Waals surface area contributed by atoms with Crippen molar-refractivity contribution in [3.8, 4) is 11.5 Å². The van der Waals surface area contributed by atoms with E-state index in [0.717, 1.165) is 22.9 Å². The average Bonchev–Trinajstić information content (AvgIpc) is 3.46. The van der Waals surface area contributed by atoms with Gasteiger partial charge in [0.15, 0.2) is 16.7 Å². The van der Waals surface area contributed by atoms with E-state index in [2.05, 4.69) is 30.7 Å². The zero-order valence-electron chi connectivity index (χ0n) is 22.7. The Kier molecular flexibility index (Phi) is 10.2. The fourth-order valence-electron chi connectivity index (χ4n) is 3.79. The standard InChI is InChI=1S/C28H26F4N6O4S/c1-17(20-7-12-24(41-2)23(29)13-20)35-27(43-15-25(39)40)36-34-14-18-3-5-19(6-4-18)26-33-16-38(37-26)21-8-10-22(11-9-21)42-28(30,31)32/h3-14,16-17,26,37H,15H2,1-2H3,(H,35,36)(H,39,40)/b34-14+. The first-order valence-electron chi connectivity index (χ1n) is 12.6. The van der Waals surface area contributed by atoms with Gasteiger partial charge in [-0.05, 0) is 60.0 Å². The van der Waals surface area contributed by atoms with Gasteiger partial charge in [-0.3, -0.25) is 20.2 Å². The number of methoxy groups -OCH3 is 1. The van der Waals surface area contributed by atoms with Crippen molar-refractivity contribution in [2.75, 3.05) is 17.9 Å². The second-order valence-corrected chi connectivity index (χ2v) is 9.90. The molecule has 3 aromatic rings. The van der Waals surface area contributed by atoms with Crippen LogP contribution in [0.3, 0.4) is 0 Å². The van der Waals surface area contributed by atoms with Gasteiger partial charge in [-0.25, -0.2) is 9.38 Å². The van der Waals surface area contributed by atoms with E-state index in [-0.39, 0.29) is 22.4 Å². The van der Waals surface area contributed by atoms with Crippen LogP contribution in [0, 0.1) is 5.82 Å². The van der Waals surface area contributed by atoms with Crippen LogP contribution < -0.4 is 25.3 Å². The van der Waals surface area contributed by atoms with Crippen LogP contribution >= 0.6 is 11.8 Å². The molecule has 0 amide bonds. The molecule has 15 heteroatoms. The summed E-state index contributed by atoms with van der Waals surface area (Å²) in [5, 5.41) is 15.1. The molecular weight excluding hydrogens is 592 g/mol. The number of amidine groups is 1. The van der Waals surface area contributed by atoms with E-state index in [9.17, 15) is 22.4 Å². The molecule has 3 N–H and O–H groups in total. The fraction of sp³-hybridized carbons (Fsp3) is 0.214. The minimum Gasteiger partial charge on any atom is -0.494 e. The number of anilines is 1. The van der Waals surface area contributed by atoms with Gasteiger partial charge in [0.25, 0.3) is 0 Å². The fourth-order valence-corrected chi connectivity index (χ4v) is 4.40. The van der Waals surface area contributed by atoms with Crippen molar-refractivity contribution in [1.82, 2.24) is 10.9 Å². The topological polar surface area (TPSA) is 120 Å². The first-order valence-corrected chi connectivity index (χ1v) is 13.6. The number of hydrazine groups is 1. The van der Waals surface area contributed by atoms with Crippen molar-refractivity contribution in [3.05, 3.63) is 89.2 Å². The van der Waals surface area contributed by atoms with E-state index in [1.54, 1.807) is 30.1 Å². The van der Waals surface area contributed by atoms with Crippen molar-refractivity contribution in [2.45, 2.75) is 25.5 Å². The molecule has 10 nitrogen and oxygen atoms in total. The van der Waals surface area contributed by atoms with Crippen LogP contribution in [0.1, 0.15) is 35.8 Å². The molecule has 0 fully saturated rings. The number of carbonyl (C=O) groups is 1. The predicted octanol–water partition coefficient (Wildman–Crippen LogP) is 5.64. The predicted molar refractivity (Wildman–Crippen MR) is 156 cm³/mol. The quantitative estimate of drug-likeness (QED) is 0.116. The maximum atomic E-state index is 14.1. The lowest BCUT2D eigenvalue weighted by Gasteiger charge is -2.18. The molecule has 0 saturated carbocycles. The number of thioether (sulfide) groups is 1. The highest BCUT2D eigenvalue weighted by Gasteiger charge is 2.31. The van der Waals surface area contributed by atoms with Crippen LogP contribution in [-0.2, 0) is 4.79 Å². The lowest BCUT2D eigenvalue weighted by Crippen LogP contribution is -2.33. The Bertz CT molecular complexity index is 1500. The average molecular weight is 619 g/mol. The second kappa shape index (κ2) is 14.0. The number of hydrogen-bond donors (Lipinski definition) is 3. The van der Waals surface area contributed by atoms with Gasteiger partial charge in [0, 0.05) is 0 Å². The number of carboxylic acids is 1. The zero-order chi connectivity index (χ0) is 31.0. The molecule has 0 spiro atoms. The number of carboxylic acid groups (broad SMARTS) is 1. The van der Waals surface area contributed by atoms with Crippen LogP contribution in [-0.4, -0.2) is 48.0 Å². The summed E-state index contributed by atoms with van der Waals surface area (Å²) >= 11 is 0.942. The summed E-state index contributed by atoms with van der Waals surface area (Å²) in [6, 6.07) is 16.6. The van der Waals surface area contributed by atoms with E-state index >= 15 is 0 Å². The summed E-state index contributed by atoms with van der Waals surface area (Å²) in [5.74, 6) is -2.03. The number of hydrogen-bond acceptors (Lipinski definition) is 9. The summed E-state index contributed by atoms with van der Waals surface area (Å²) in [5.41, 5.74) is 8.58. The molecule has 0 bridgehead atoms. The van der Waals surface area contributed by atoms with Crippen molar-refractivity contribution in [2.24, 2.45) is 15.1 Å². The van der Waals surface area contributed by atoms with Crippen LogP contribution in [0.5, 0.6) is 11.5 Å². The largest absolute Gasteiger partial charge is 0.573 e. The maximum absolute atomic E-state index is 14.1. The Morgan fingerprint density at radius 3 is 2.53 bits per heavy atom. The lowest BCUT2D eigenvalue weighted by molar-refractivity contribution is -0.274. The molecule has 0 saturated heterocycles. The summed E-state index contributed by atoms with van der Waals surface area (Å²) < 4.78 is 60.1. The number of nitrogens with one attached hydrogen (secondary N) is 2. The molecule has 226 valence electrons. The van der Waals surface area contributed by atoms with Crippen LogP contribution in [0.25, 0.3) is 0 Å². The first kappa shape index (κ1) is 31.3. The summed E-state index contributed by atoms with van der Waals surface area (Å²) in [7, 11) is 1.37. The minimum absolute atomic E-state index is 0.107. The van der Waals surface area contributed by atoms with E-state index in [1.807, 2.05) is 12.1 Å². The molecule has 0 radical (unpaired) electrons. The van der Waals surface area contributed by atoms with Gasteiger partial charge < -0.3 is 14.6 Å². The smallest absolute Gasteiger partial charge is 0.494 e. The molecular formula is C28H26F4N6O4S. The summed E-state index contributed by atoms with van der Waals surface area (Å²) in [4.78, 5) is 20.0. The first-order chi connectivity index (χ1) is 20.5. The van der Waals surface area contributed by atoms with Crippen LogP contribution in [0.15, 0.2) is 81.8 Å². The summed E-state index contributed by atoms with van der Waals surface area (Å²) in [6.07, 6.45) is -2.13. The van der Waals surface area contributed by atoms with Crippen molar-refractivity contribution in [3.63, 3.8) is 0 Å². The summed E-state index contributed by atoms with van der Waals surface area (Å²) in [6.45, 7) is 1.74. The Morgan fingerprint density at radius 2 is 1.91 bits per heavy atom. The number of aliphatic carboxylic acids is 1. The monoisotopic (exact) mass is 618 g/mol. The van der Waals surface area contributed by atoms with Gasteiger partial charge in [0.05, 0.1) is 30.8 Å². The van der Waals surface area contributed by atoms with Gasteiger partial charge >= 0.3 is 12.3 Å². The molecule has 3 aromatic carbocycles. The Hall–Kier alpha value is -4.63.